The molecule has 25 heavy (non-hydrogen) atoms. The number of anilines is 1. The lowest BCUT2D eigenvalue weighted by Crippen LogP contribution is -2.60. The summed E-state index contributed by atoms with van der Waals surface area (Å²) in [5.41, 5.74) is 0.354. The summed E-state index contributed by atoms with van der Waals surface area (Å²) in [4.78, 5) is 33.1. The Morgan fingerprint density at radius 3 is 2.88 bits per heavy atom. The van der Waals surface area contributed by atoms with Crippen molar-refractivity contribution in [1.82, 2.24) is 20.1 Å². The van der Waals surface area contributed by atoms with Gasteiger partial charge in [-0.1, -0.05) is 0 Å². The minimum absolute atomic E-state index is 0.00221. The van der Waals surface area contributed by atoms with Gasteiger partial charge in [0.25, 0.3) is 0 Å². The summed E-state index contributed by atoms with van der Waals surface area (Å²) in [6.07, 6.45) is 6.41. The summed E-state index contributed by atoms with van der Waals surface area (Å²) in [6, 6.07) is 3.63. The lowest BCUT2D eigenvalue weighted by atomic mass is 9.85. The third kappa shape index (κ3) is 4.16. The Morgan fingerprint density at radius 1 is 1.36 bits per heavy atom. The monoisotopic (exact) mass is 345 g/mol. The van der Waals surface area contributed by atoms with Gasteiger partial charge in [0, 0.05) is 45.3 Å². The van der Waals surface area contributed by atoms with Crippen LogP contribution in [0.25, 0.3) is 0 Å². The lowest BCUT2D eigenvalue weighted by Gasteiger charge is -2.45. The number of carbonyl (C=O) groups excluding carboxylic acids is 2. The van der Waals surface area contributed by atoms with E-state index in [-0.39, 0.29) is 17.4 Å². The second-order valence-electron chi connectivity index (χ2n) is 6.94. The van der Waals surface area contributed by atoms with Gasteiger partial charge in [0.2, 0.25) is 11.8 Å². The van der Waals surface area contributed by atoms with Crippen LogP contribution in [-0.4, -0.2) is 71.9 Å². The van der Waals surface area contributed by atoms with Crippen LogP contribution in [0.1, 0.15) is 25.7 Å². The van der Waals surface area contributed by atoms with Gasteiger partial charge in [0.05, 0.1) is 11.9 Å². The maximum absolute atomic E-state index is 12.5. The molecule has 7 nitrogen and oxygen atoms in total. The van der Waals surface area contributed by atoms with E-state index in [4.69, 9.17) is 0 Å². The predicted molar refractivity (Wildman–Crippen MR) is 96.1 cm³/mol. The third-order valence-electron chi connectivity index (χ3n) is 5.39. The fourth-order valence-electron chi connectivity index (χ4n) is 3.75. The molecular formula is C18H27N5O2. The van der Waals surface area contributed by atoms with Crippen molar-refractivity contribution >= 4 is 17.5 Å². The standard InChI is InChI=1S/C18H27N5O2/c1-22-10-3-9-20-17(25)18(22)6-12-23(13-7-18)11-5-16(24)21-15-4-2-8-19-14-15/h2,4,8,14H,3,5-7,9-13H2,1H3,(H,20,25)(H,21,24). The van der Waals surface area contributed by atoms with Gasteiger partial charge in [0.1, 0.15) is 5.54 Å². The third-order valence-corrected chi connectivity index (χ3v) is 5.39. The van der Waals surface area contributed by atoms with Crippen molar-refractivity contribution in [1.29, 1.82) is 0 Å². The van der Waals surface area contributed by atoms with E-state index in [9.17, 15) is 9.59 Å². The van der Waals surface area contributed by atoms with E-state index in [2.05, 4.69) is 32.5 Å². The molecule has 0 saturated carbocycles. The minimum atomic E-state index is -0.370. The molecule has 1 aromatic rings. The zero-order valence-electron chi connectivity index (χ0n) is 14.8. The van der Waals surface area contributed by atoms with Gasteiger partial charge in [-0.25, -0.2) is 0 Å². The molecule has 0 aliphatic carbocycles. The second-order valence-corrected chi connectivity index (χ2v) is 6.94. The average molecular weight is 345 g/mol. The summed E-state index contributed by atoms with van der Waals surface area (Å²) < 4.78 is 0. The van der Waals surface area contributed by atoms with Crippen molar-refractivity contribution in [3.05, 3.63) is 24.5 Å². The van der Waals surface area contributed by atoms with Crippen LogP contribution in [0.3, 0.4) is 0 Å². The van der Waals surface area contributed by atoms with Gasteiger partial charge in [-0.3, -0.25) is 19.5 Å². The van der Waals surface area contributed by atoms with Gasteiger partial charge in [-0.05, 0) is 38.4 Å². The first-order chi connectivity index (χ1) is 12.1. The van der Waals surface area contributed by atoms with Crippen molar-refractivity contribution in [2.75, 3.05) is 45.1 Å². The number of carbonyl (C=O) groups is 2. The summed E-state index contributed by atoms with van der Waals surface area (Å²) in [7, 11) is 2.06. The van der Waals surface area contributed by atoms with Crippen molar-refractivity contribution in [3.8, 4) is 0 Å². The average Bonchev–Trinajstić information content (AvgIpc) is 2.76. The Kier molecular flexibility index (Phi) is 5.65. The molecule has 1 spiro atoms. The maximum atomic E-state index is 12.5. The number of aromatic nitrogens is 1. The molecule has 3 heterocycles. The number of amides is 2. The molecule has 2 saturated heterocycles. The first-order valence-electron chi connectivity index (χ1n) is 9.02. The van der Waals surface area contributed by atoms with Crippen LogP contribution in [0.2, 0.25) is 0 Å². The van der Waals surface area contributed by atoms with Crippen LogP contribution < -0.4 is 10.6 Å². The summed E-state index contributed by atoms with van der Waals surface area (Å²) in [5, 5.41) is 5.92. The van der Waals surface area contributed by atoms with Crippen LogP contribution in [0.4, 0.5) is 5.69 Å². The number of pyridine rings is 1. The topological polar surface area (TPSA) is 77.6 Å². The van der Waals surface area contributed by atoms with E-state index in [1.165, 1.54) is 0 Å². The predicted octanol–water partition coefficient (Wildman–Crippen LogP) is 0.697. The normalized spacial score (nSPS) is 21.6. The smallest absolute Gasteiger partial charge is 0.240 e. The number of nitrogens with one attached hydrogen (secondary N) is 2. The Hall–Kier alpha value is -1.99. The molecule has 136 valence electrons. The summed E-state index contributed by atoms with van der Waals surface area (Å²) in [6.45, 7) is 4.12. The van der Waals surface area contributed by atoms with E-state index >= 15 is 0 Å². The van der Waals surface area contributed by atoms with Crippen molar-refractivity contribution in [3.63, 3.8) is 0 Å². The molecule has 2 fully saturated rings. The molecule has 1 aromatic heterocycles. The second kappa shape index (κ2) is 7.93. The molecular weight excluding hydrogens is 318 g/mol. The molecule has 0 aromatic carbocycles. The van der Waals surface area contributed by atoms with E-state index < -0.39 is 0 Å². The Morgan fingerprint density at radius 2 is 2.16 bits per heavy atom. The van der Waals surface area contributed by atoms with E-state index in [0.29, 0.717) is 13.0 Å². The SMILES string of the molecule is CN1CCCNC(=O)C12CCN(CCC(=O)Nc1cccnc1)CC2. The summed E-state index contributed by atoms with van der Waals surface area (Å²) >= 11 is 0. The van der Waals surface area contributed by atoms with Crippen LogP contribution in [-0.2, 0) is 9.59 Å². The Balaban J connectivity index is 1.47. The molecule has 2 N–H and O–H groups in total. The van der Waals surface area contributed by atoms with Crippen LogP contribution in [0, 0.1) is 0 Å². The Bertz CT molecular complexity index is 599. The molecule has 7 heteroatoms. The van der Waals surface area contributed by atoms with Crippen LogP contribution in [0.15, 0.2) is 24.5 Å². The number of likely N-dealkylation sites (tertiary alicyclic amines) is 1. The number of likely N-dealkylation sites (N-methyl/N-ethyl adjacent to an activating group) is 1. The zero-order valence-corrected chi connectivity index (χ0v) is 14.8. The Labute approximate surface area is 148 Å². The largest absolute Gasteiger partial charge is 0.354 e. The minimum Gasteiger partial charge on any atom is -0.354 e. The highest BCUT2D eigenvalue weighted by Gasteiger charge is 2.45. The number of hydrogen-bond acceptors (Lipinski definition) is 5. The highest BCUT2D eigenvalue weighted by molar-refractivity contribution is 5.90. The number of piperidine rings is 1. The van der Waals surface area contributed by atoms with Gasteiger partial charge < -0.3 is 15.5 Å². The summed E-state index contributed by atoms with van der Waals surface area (Å²) in [5.74, 6) is 0.166. The van der Waals surface area contributed by atoms with Crippen LogP contribution >= 0.6 is 0 Å². The molecule has 2 aliphatic heterocycles. The van der Waals surface area contributed by atoms with Crippen molar-refractivity contribution < 1.29 is 9.59 Å². The van der Waals surface area contributed by atoms with Gasteiger partial charge in [-0.2, -0.15) is 0 Å². The highest BCUT2D eigenvalue weighted by Crippen LogP contribution is 2.29. The fourth-order valence-corrected chi connectivity index (χ4v) is 3.75. The first kappa shape index (κ1) is 17.8. The van der Waals surface area contributed by atoms with E-state index in [1.807, 2.05) is 6.07 Å². The van der Waals surface area contributed by atoms with E-state index in [0.717, 1.165) is 51.1 Å². The number of nitrogens with zero attached hydrogens (tertiary/aromatic N) is 3. The molecule has 2 amide bonds. The fraction of sp³-hybridized carbons (Fsp3) is 0.611. The highest BCUT2D eigenvalue weighted by atomic mass is 16.2. The van der Waals surface area contributed by atoms with E-state index in [1.54, 1.807) is 18.5 Å². The molecule has 0 bridgehead atoms. The quantitative estimate of drug-likeness (QED) is 0.840. The van der Waals surface area contributed by atoms with Gasteiger partial charge in [0.15, 0.2) is 0 Å². The van der Waals surface area contributed by atoms with Crippen LogP contribution in [0.5, 0.6) is 0 Å². The molecule has 3 rings (SSSR count). The van der Waals surface area contributed by atoms with Crippen molar-refractivity contribution in [2.24, 2.45) is 0 Å². The molecule has 2 aliphatic rings. The first-order valence-corrected chi connectivity index (χ1v) is 9.02. The lowest BCUT2D eigenvalue weighted by molar-refractivity contribution is -0.135. The number of rotatable bonds is 4. The number of hydrogen-bond donors (Lipinski definition) is 2. The molecule has 0 atom stereocenters. The molecule has 0 unspecified atom stereocenters. The maximum Gasteiger partial charge on any atom is 0.240 e. The molecule has 0 radical (unpaired) electrons. The van der Waals surface area contributed by atoms with Gasteiger partial charge >= 0.3 is 0 Å². The van der Waals surface area contributed by atoms with Gasteiger partial charge in [-0.15, -0.1) is 0 Å². The zero-order chi connectivity index (χ0) is 17.7. The van der Waals surface area contributed by atoms with Crippen molar-refractivity contribution in [2.45, 2.75) is 31.2 Å².